The first-order valence-electron chi connectivity index (χ1n) is 5.16. The number of fused-ring (bicyclic) bond motifs is 1. The van der Waals surface area contributed by atoms with Crippen LogP contribution in [-0.2, 0) is 0 Å². The highest BCUT2D eigenvalue weighted by atomic mass is 32.2. The second kappa shape index (κ2) is 3.71. The Morgan fingerprint density at radius 3 is 2.80 bits per heavy atom. The molecule has 0 aromatic heterocycles. The monoisotopic (exact) mass is 225 g/mol. The molecule has 2 rings (SSSR count). The van der Waals surface area contributed by atoms with Gasteiger partial charge in [-0.2, -0.15) is 0 Å². The molecule has 1 aliphatic heterocycles. The smallest absolute Gasteiger partial charge is 0.124 e. The average molecular weight is 225 g/mol. The van der Waals surface area contributed by atoms with E-state index >= 15 is 0 Å². The summed E-state index contributed by atoms with van der Waals surface area (Å²) in [5, 5.41) is 3.48. The Balaban J connectivity index is 2.24. The maximum Gasteiger partial charge on any atom is 0.124 e. The first-order chi connectivity index (χ1) is 6.97. The second-order valence-corrected chi connectivity index (χ2v) is 6.08. The van der Waals surface area contributed by atoms with E-state index in [4.69, 9.17) is 0 Å². The van der Waals surface area contributed by atoms with E-state index in [1.807, 2.05) is 6.07 Å². The molecule has 82 valence electrons. The molecular weight excluding hydrogens is 209 g/mol. The zero-order valence-electron chi connectivity index (χ0n) is 9.30. The lowest BCUT2D eigenvalue weighted by Gasteiger charge is -2.36. The molecule has 1 heterocycles. The molecule has 1 aromatic rings. The molecule has 1 nitrogen and oxygen atoms in total. The van der Waals surface area contributed by atoms with Gasteiger partial charge in [0.25, 0.3) is 0 Å². The lowest BCUT2D eigenvalue weighted by Crippen LogP contribution is -2.38. The van der Waals surface area contributed by atoms with Crippen LogP contribution in [0.25, 0.3) is 0 Å². The fourth-order valence-corrected chi connectivity index (χ4v) is 3.01. The summed E-state index contributed by atoms with van der Waals surface area (Å²) < 4.78 is 13.0. The summed E-state index contributed by atoms with van der Waals surface area (Å²) in [7, 11) is 0. The molecule has 0 saturated carbocycles. The molecule has 1 aromatic carbocycles. The minimum Gasteiger partial charge on any atom is -0.380 e. The van der Waals surface area contributed by atoms with Gasteiger partial charge in [-0.3, -0.25) is 0 Å². The van der Waals surface area contributed by atoms with Crippen LogP contribution < -0.4 is 5.32 Å². The van der Waals surface area contributed by atoms with Crippen LogP contribution in [-0.4, -0.2) is 11.8 Å². The van der Waals surface area contributed by atoms with Gasteiger partial charge in [0.1, 0.15) is 5.82 Å². The van der Waals surface area contributed by atoms with E-state index in [1.54, 1.807) is 17.8 Å². The number of anilines is 1. The van der Waals surface area contributed by atoms with Crippen molar-refractivity contribution in [1.29, 1.82) is 0 Å². The van der Waals surface area contributed by atoms with Crippen LogP contribution in [0.4, 0.5) is 10.1 Å². The molecule has 1 aliphatic rings. The van der Waals surface area contributed by atoms with E-state index in [9.17, 15) is 4.39 Å². The van der Waals surface area contributed by atoms with Crippen molar-refractivity contribution in [3.63, 3.8) is 0 Å². The van der Waals surface area contributed by atoms with Gasteiger partial charge in [0.15, 0.2) is 0 Å². The molecule has 0 saturated heterocycles. The number of halogens is 1. The highest BCUT2D eigenvalue weighted by molar-refractivity contribution is 7.99. The van der Waals surface area contributed by atoms with Crippen LogP contribution >= 0.6 is 11.8 Å². The van der Waals surface area contributed by atoms with E-state index in [-0.39, 0.29) is 11.2 Å². The summed E-state index contributed by atoms with van der Waals surface area (Å²) in [6, 6.07) is 5.39. The first kappa shape index (κ1) is 10.8. The van der Waals surface area contributed by atoms with Crippen molar-refractivity contribution in [3.8, 4) is 0 Å². The van der Waals surface area contributed by atoms with Gasteiger partial charge in [-0.05, 0) is 23.6 Å². The fourth-order valence-electron chi connectivity index (χ4n) is 1.60. The summed E-state index contributed by atoms with van der Waals surface area (Å²) in [5.41, 5.74) is 1.30. The van der Waals surface area contributed by atoms with Crippen molar-refractivity contribution in [2.45, 2.75) is 31.7 Å². The Bertz CT molecular complexity index is 370. The molecule has 1 unspecified atom stereocenters. The maximum absolute atomic E-state index is 13.0. The van der Waals surface area contributed by atoms with Gasteiger partial charge in [-0.15, -0.1) is 11.8 Å². The molecule has 0 bridgehead atoms. The number of rotatable bonds is 0. The topological polar surface area (TPSA) is 12.0 Å². The van der Waals surface area contributed by atoms with E-state index in [0.29, 0.717) is 6.04 Å². The van der Waals surface area contributed by atoms with Gasteiger partial charge in [-0.25, -0.2) is 4.39 Å². The predicted molar refractivity (Wildman–Crippen MR) is 64.0 cm³/mol. The number of hydrogen-bond donors (Lipinski definition) is 1. The van der Waals surface area contributed by atoms with Crippen molar-refractivity contribution in [1.82, 2.24) is 0 Å². The van der Waals surface area contributed by atoms with Crippen LogP contribution in [0.15, 0.2) is 23.1 Å². The van der Waals surface area contributed by atoms with Crippen LogP contribution in [0.2, 0.25) is 0 Å². The van der Waals surface area contributed by atoms with E-state index < -0.39 is 0 Å². The number of thioether (sulfide) groups is 1. The van der Waals surface area contributed by atoms with Gasteiger partial charge >= 0.3 is 0 Å². The van der Waals surface area contributed by atoms with Crippen molar-refractivity contribution < 1.29 is 4.39 Å². The van der Waals surface area contributed by atoms with Crippen molar-refractivity contribution in [2.24, 2.45) is 5.41 Å². The fraction of sp³-hybridized carbons (Fsp3) is 0.500. The Kier molecular flexibility index (Phi) is 2.67. The van der Waals surface area contributed by atoms with Gasteiger partial charge in [0, 0.05) is 22.4 Å². The SMILES string of the molecule is CC(C)(C)C1CSc2cc(F)ccc2N1. The molecule has 0 amide bonds. The second-order valence-electron chi connectivity index (χ2n) is 5.01. The van der Waals surface area contributed by atoms with E-state index in [1.165, 1.54) is 6.07 Å². The van der Waals surface area contributed by atoms with E-state index in [0.717, 1.165) is 16.3 Å². The molecular formula is C12H16FNS. The first-order valence-corrected chi connectivity index (χ1v) is 6.14. The zero-order valence-corrected chi connectivity index (χ0v) is 10.1. The van der Waals surface area contributed by atoms with Crippen LogP contribution in [0.1, 0.15) is 20.8 Å². The number of nitrogens with one attached hydrogen (secondary N) is 1. The third-order valence-electron chi connectivity index (χ3n) is 2.72. The molecule has 0 fully saturated rings. The summed E-state index contributed by atoms with van der Waals surface area (Å²) in [6.07, 6.45) is 0. The Hall–Kier alpha value is -0.700. The van der Waals surface area contributed by atoms with Crippen LogP contribution in [0.3, 0.4) is 0 Å². The van der Waals surface area contributed by atoms with Crippen molar-refractivity contribution in [2.75, 3.05) is 11.1 Å². The highest BCUT2D eigenvalue weighted by Gasteiger charge is 2.28. The van der Waals surface area contributed by atoms with Gasteiger partial charge in [-0.1, -0.05) is 20.8 Å². The molecule has 0 spiro atoms. The van der Waals surface area contributed by atoms with E-state index in [2.05, 4.69) is 26.1 Å². The Morgan fingerprint density at radius 2 is 2.13 bits per heavy atom. The largest absolute Gasteiger partial charge is 0.380 e. The third-order valence-corrected chi connectivity index (χ3v) is 3.87. The summed E-state index contributed by atoms with van der Waals surface area (Å²) in [5.74, 6) is 0.845. The minimum absolute atomic E-state index is 0.155. The van der Waals surface area contributed by atoms with Crippen molar-refractivity contribution in [3.05, 3.63) is 24.0 Å². The highest BCUT2D eigenvalue weighted by Crippen LogP contribution is 2.38. The quantitative estimate of drug-likeness (QED) is 0.721. The average Bonchev–Trinajstić information content (AvgIpc) is 2.15. The summed E-state index contributed by atoms with van der Waals surface area (Å²) in [6.45, 7) is 6.67. The minimum atomic E-state index is -0.155. The summed E-state index contributed by atoms with van der Waals surface area (Å²) >= 11 is 1.74. The maximum atomic E-state index is 13.0. The summed E-state index contributed by atoms with van der Waals surface area (Å²) in [4.78, 5) is 1.02. The lowest BCUT2D eigenvalue weighted by atomic mass is 9.87. The van der Waals surface area contributed by atoms with Gasteiger partial charge < -0.3 is 5.32 Å². The third kappa shape index (κ3) is 2.28. The lowest BCUT2D eigenvalue weighted by molar-refractivity contribution is 0.361. The Labute approximate surface area is 94.5 Å². The number of benzene rings is 1. The van der Waals surface area contributed by atoms with Crippen molar-refractivity contribution >= 4 is 17.4 Å². The molecule has 3 heteroatoms. The molecule has 15 heavy (non-hydrogen) atoms. The van der Waals surface area contributed by atoms with Crippen LogP contribution in [0, 0.1) is 11.2 Å². The molecule has 1 N–H and O–H groups in total. The van der Waals surface area contributed by atoms with Gasteiger partial charge in [0.05, 0.1) is 0 Å². The molecule has 0 radical (unpaired) electrons. The van der Waals surface area contributed by atoms with Gasteiger partial charge in [0.2, 0.25) is 0 Å². The Morgan fingerprint density at radius 1 is 1.40 bits per heavy atom. The standard InChI is InChI=1S/C12H16FNS/c1-12(2,3)11-7-15-10-6-8(13)4-5-9(10)14-11/h4-6,11,14H,7H2,1-3H3. The zero-order chi connectivity index (χ0) is 11.1. The normalized spacial score (nSPS) is 20.7. The molecule has 1 atom stereocenters. The number of hydrogen-bond acceptors (Lipinski definition) is 2. The molecule has 0 aliphatic carbocycles. The predicted octanol–water partition coefficient (Wildman–Crippen LogP) is 3.76. The van der Waals surface area contributed by atoms with Crippen LogP contribution in [0.5, 0.6) is 0 Å².